The summed E-state index contributed by atoms with van der Waals surface area (Å²) in [6.45, 7) is 3.58. The zero-order valence-electron chi connectivity index (χ0n) is 18.1. The number of piperazine rings is 1. The van der Waals surface area contributed by atoms with E-state index in [0.29, 0.717) is 37.3 Å². The highest BCUT2D eigenvalue weighted by Crippen LogP contribution is 2.17. The van der Waals surface area contributed by atoms with E-state index in [2.05, 4.69) is 28.4 Å². The van der Waals surface area contributed by atoms with Crippen molar-refractivity contribution < 1.29 is 9.59 Å². The first-order chi connectivity index (χ1) is 15.0. The van der Waals surface area contributed by atoms with Crippen LogP contribution in [0, 0.1) is 11.3 Å². The van der Waals surface area contributed by atoms with Gasteiger partial charge in [-0.3, -0.25) is 14.5 Å². The lowest BCUT2D eigenvalue weighted by Crippen LogP contribution is -2.60. The Morgan fingerprint density at radius 3 is 2.61 bits per heavy atom. The topological polar surface area (TPSA) is 79.7 Å². The second-order valence-corrected chi connectivity index (χ2v) is 8.02. The van der Waals surface area contributed by atoms with Gasteiger partial charge in [0, 0.05) is 44.8 Å². The highest BCUT2D eigenvalue weighted by molar-refractivity contribution is 5.98. The Labute approximate surface area is 183 Å². The minimum atomic E-state index is -0.585. The molecule has 7 nitrogen and oxygen atoms in total. The minimum absolute atomic E-state index is 0.149. The zero-order chi connectivity index (χ0) is 22.2. The Kier molecular flexibility index (Phi) is 7.76. The number of carbonyl (C=O) groups excluding carboxylic acids is 2. The van der Waals surface area contributed by atoms with Crippen molar-refractivity contribution in [3.8, 4) is 6.07 Å². The molecule has 0 saturated carbocycles. The van der Waals surface area contributed by atoms with Gasteiger partial charge in [-0.15, -0.1) is 0 Å². The van der Waals surface area contributed by atoms with Crippen molar-refractivity contribution in [2.75, 3.05) is 46.8 Å². The molecule has 162 valence electrons. The van der Waals surface area contributed by atoms with Crippen molar-refractivity contribution >= 4 is 11.8 Å². The van der Waals surface area contributed by atoms with Crippen molar-refractivity contribution in [2.45, 2.75) is 12.6 Å². The van der Waals surface area contributed by atoms with Crippen LogP contribution in [0.3, 0.4) is 0 Å². The van der Waals surface area contributed by atoms with E-state index in [1.54, 1.807) is 29.2 Å². The van der Waals surface area contributed by atoms with Gasteiger partial charge in [-0.1, -0.05) is 36.4 Å². The number of nitrogens with one attached hydrogen (secondary N) is 1. The molecule has 1 aliphatic rings. The van der Waals surface area contributed by atoms with Gasteiger partial charge in [-0.05, 0) is 37.9 Å². The number of hydrogen-bond donors (Lipinski definition) is 1. The van der Waals surface area contributed by atoms with Crippen LogP contribution in [0.25, 0.3) is 0 Å². The fourth-order valence-electron chi connectivity index (χ4n) is 3.70. The predicted octanol–water partition coefficient (Wildman–Crippen LogP) is 1.56. The number of likely N-dealkylation sites (N-methyl/N-ethyl adjacent to an activating group) is 1. The van der Waals surface area contributed by atoms with Gasteiger partial charge in [-0.25, -0.2) is 0 Å². The van der Waals surface area contributed by atoms with E-state index in [4.69, 9.17) is 5.26 Å². The van der Waals surface area contributed by atoms with Crippen LogP contribution in [0.15, 0.2) is 54.6 Å². The van der Waals surface area contributed by atoms with Crippen LogP contribution >= 0.6 is 0 Å². The largest absolute Gasteiger partial charge is 0.353 e. The zero-order valence-corrected chi connectivity index (χ0v) is 18.1. The molecule has 1 heterocycles. The first-order valence-corrected chi connectivity index (χ1v) is 10.5. The third-order valence-electron chi connectivity index (χ3n) is 5.37. The first-order valence-electron chi connectivity index (χ1n) is 10.5. The molecule has 2 amide bonds. The van der Waals surface area contributed by atoms with Gasteiger partial charge in [0.1, 0.15) is 6.04 Å². The average molecular weight is 420 g/mol. The lowest BCUT2D eigenvalue weighted by atomic mass is 10.1. The lowest BCUT2D eigenvalue weighted by Gasteiger charge is -2.40. The SMILES string of the molecule is CN(C)CCNC(=O)C1CN(Cc2ccccc2)CCN1C(=O)c1cccc(C#N)c1. The summed E-state index contributed by atoms with van der Waals surface area (Å²) in [6.07, 6.45) is 0. The van der Waals surface area contributed by atoms with Crippen molar-refractivity contribution in [3.05, 3.63) is 71.3 Å². The standard InChI is InChI=1S/C24H29N5O2/c1-27(2)12-11-26-23(30)22-18-28(17-19-7-4-3-5-8-19)13-14-29(22)24(31)21-10-6-9-20(15-21)16-25/h3-10,15,22H,11-14,17-18H2,1-2H3,(H,26,30). The van der Waals surface area contributed by atoms with Gasteiger partial charge < -0.3 is 15.1 Å². The van der Waals surface area contributed by atoms with Crippen LogP contribution in [0.1, 0.15) is 21.5 Å². The van der Waals surface area contributed by atoms with Crippen molar-refractivity contribution in [2.24, 2.45) is 0 Å². The Hall–Kier alpha value is -3.21. The van der Waals surface area contributed by atoms with E-state index < -0.39 is 6.04 Å². The molecule has 0 aromatic heterocycles. The molecule has 1 saturated heterocycles. The maximum atomic E-state index is 13.2. The molecular weight excluding hydrogens is 390 g/mol. The van der Waals surface area contributed by atoms with Gasteiger partial charge in [0.2, 0.25) is 5.91 Å². The molecule has 1 aliphatic heterocycles. The highest BCUT2D eigenvalue weighted by atomic mass is 16.2. The van der Waals surface area contributed by atoms with Gasteiger partial charge >= 0.3 is 0 Å². The number of nitriles is 1. The Balaban J connectivity index is 1.76. The number of carbonyl (C=O) groups is 2. The van der Waals surface area contributed by atoms with Crippen LogP contribution in [0.2, 0.25) is 0 Å². The van der Waals surface area contributed by atoms with E-state index in [-0.39, 0.29) is 11.8 Å². The fraction of sp³-hybridized carbons (Fsp3) is 0.375. The average Bonchev–Trinajstić information content (AvgIpc) is 2.79. The van der Waals surface area contributed by atoms with Crippen molar-refractivity contribution in [1.82, 2.24) is 20.0 Å². The fourth-order valence-corrected chi connectivity index (χ4v) is 3.70. The number of amides is 2. The first kappa shape index (κ1) is 22.5. The number of rotatable bonds is 7. The lowest BCUT2D eigenvalue weighted by molar-refractivity contribution is -0.127. The molecule has 2 aromatic rings. The van der Waals surface area contributed by atoms with E-state index in [1.165, 1.54) is 5.56 Å². The molecule has 1 unspecified atom stereocenters. The summed E-state index contributed by atoms with van der Waals surface area (Å²) in [5.74, 6) is -0.367. The third-order valence-corrected chi connectivity index (χ3v) is 5.37. The predicted molar refractivity (Wildman–Crippen MR) is 119 cm³/mol. The Morgan fingerprint density at radius 1 is 1.13 bits per heavy atom. The summed E-state index contributed by atoms with van der Waals surface area (Å²) in [6, 6.07) is 18.2. The molecule has 0 spiro atoms. The summed E-state index contributed by atoms with van der Waals surface area (Å²) >= 11 is 0. The number of benzene rings is 2. The number of hydrogen-bond acceptors (Lipinski definition) is 5. The van der Waals surface area contributed by atoms with E-state index in [1.807, 2.05) is 37.2 Å². The van der Waals surface area contributed by atoms with Crippen LogP contribution in [-0.2, 0) is 11.3 Å². The summed E-state index contributed by atoms with van der Waals surface area (Å²) in [7, 11) is 3.90. The molecule has 2 aromatic carbocycles. The minimum Gasteiger partial charge on any atom is -0.353 e. The number of nitrogens with zero attached hydrogens (tertiary/aromatic N) is 4. The molecule has 0 radical (unpaired) electrons. The maximum Gasteiger partial charge on any atom is 0.254 e. The van der Waals surface area contributed by atoms with Crippen molar-refractivity contribution in [3.63, 3.8) is 0 Å². The Morgan fingerprint density at radius 2 is 1.90 bits per heavy atom. The second kappa shape index (κ2) is 10.7. The molecule has 1 N–H and O–H groups in total. The van der Waals surface area contributed by atoms with Gasteiger partial charge in [0.05, 0.1) is 11.6 Å². The molecule has 0 bridgehead atoms. The highest BCUT2D eigenvalue weighted by Gasteiger charge is 2.35. The monoisotopic (exact) mass is 419 g/mol. The van der Waals surface area contributed by atoms with Crippen molar-refractivity contribution in [1.29, 1.82) is 5.26 Å². The molecule has 1 atom stereocenters. The molecule has 31 heavy (non-hydrogen) atoms. The van der Waals surface area contributed by atoms with E-state index in [0.717, 1.165) is 13.1 Å². The molecule has 7 heteroatoms. The summed E-state index contributed by atoms with van der Waals surface area (Å²) in [5.41, 5.74) is 2.04. The normalized spacial score (nSPS) is 16.7. The van der Waals surface area contributed by atoms with E-state index in [9.17, 15) is 9.59 Å². The maximum absolute atomic E-state index is 13.2. The van der Waals surface area contributed by atoms with Crippen LogP contribution in [-0.4, -0.2) is 79.4 Å². The molecular formula is C24H29N5O2. The van der Waals surface area contributed by atoms with Crippen LogP contribution in [0.4, 0.5) is 0 Å². The molecule has 1 fully saturated rings. The molecule has 0 aliphatic carbocycles. The van der Waals surface area contributed by atoms with Gasteiger partial charge in [0.15, 0.2) is 0 Å². The van der Waals surface area contributed by atoms with Crippen LogP contribution in [0.5, 0.6) is 0 Å². The third kappa shape index (κ3) is 6.14. The van der Waals surface area contributed by atoms with Gasteiger partial charge in [-0.2, -0.15) is 5.26 Å². The summed E-state index contributed by atoms with van der Waals surface area (Å²) < 4.78 is 0. The summed E-state index contributed by atoms with van der Waals surface area (Å²) in [4.78, 5) is 32.1. The summed E-state index contributed by atoms with van der Waals surface area (Å²) in [5, 5.41) is 12.1. The van der Waals surface area contributed by atoms with E-state index >= 15 is 0 Å². The van der Waals surface area contributed by atoms with Gasteiger partial charge in [0.25, 0.3) is 5.91 Å². The smallest absolute Gasteiger partial charge is 0.254 e. The Bertz CT molecular complexity index is 938. The molecule has 3 rings (SSSR count). The van der Waals surface area contributed by atoms with Crippen LogP contribution < -0.4 is 5.32 Å². The second-order valence-electron chi connectivity index (χ2n) is 8.02. The quantitative estimate of drug-likeness (QED) is 0.737.